The minimum absolute atomic E-state index is 0.271. The van der Waals surface area contributed by atoms with Crippen molar-refractivity contribution in [3.63, 3.8) is 0 Å². The van der Waals surface area contributed by atoms with Crippen molar-refractivity contribution in [1.82, 2.24) is 10.3 Å². The number of carbonyl (C=O) groups is 1. The second-order valence-corrected chi connectivity index (χ2v) is 5.38. The van der Waals surface area contributed by atoms with E-state index in [9.17, 15) is 4.79 Å². The third kappa shape index (κ3) is 3.25. The number of rotatable bonds is 4. The van der Waals surface area contributed by atoms with Crippen LogP contribution in [0.15, 0.2) is 22.6 Å². The van der Waals surface area contributed by atoms with Gasteiger partial charge in [0.05, 0.1) is 11.6 Å². The summed E-state index contributed by atoms with van der Waals surface area (Å²) in [6.07, 6.45) is 0.620. The number of nitrogens with one attached hydrogen (secondary N) is 2. The molecule has 0 unspecified atom stereocenters. The molecule has 1 aromatic carbocycles. The lowest BCUT2D eigenvalue weighted by molar-refractivity contribution is 0.0942. The molecule has 0 saturated heterocycles. The summed E-state index contributed by atoms with van der Waals surface area (Å²) < 4.78 is 5.27. The smallest absolute Gasteiger partial charge is 0.266 e. The molecule has 1 aromatic heterocycles. The Balaban J connectivity index is 2.18. The Morgan fingerprint density at radius 1 is 1.55 bits per heavy atom. The largest absolute Gasteiger partial charge is 0.429 e. The molecule has 6 heteroatoms. The summed E-state index contributed by atoms with van der Waals surface area (Å²) in [5, 5.41) is 11.8. The molecule has 0 fully saturated rings. The molecule has 2 aromatic rings. The zero-order valence-corrected chi connectivity index (χ0v) is 12.1. The molecule has 1 heterocycles. The average Bonchev–Trinajstić information content (AvgIpc) is 2.76. The van der Waals surface area contributed by atoms with Crippen LogP contribution in [0.3, 0.4) is 0 Å². The molecule has 0 saturated carbocycles. The molecule has 0 bridgehead atoms. The van der Waals surface area contributed by atoms with E-state index in [1.54, 1.807) is 18.2 Å². The van der Waals surface area contributed by atoms with Crippen molar-refractivity contribution in [2.24, 2.45) is 5.92 Å². The summed E-state index contributed by atoms with van der Waals surface area (Å²) in [5.41, 5.74) is 1.71. The van der Waals surface area contributed by atoms with Crippen LogP contribution in [0.2, 0.25) is 0 Å². The van der Waals surface area contributed by atoms with Gasteiger partial charge >= 0.3 is 0 Å². The number of hydrogen-bond donors (Lipinski definition) is 2. The third-order valence-electron chi connectivity index (χ3n) is 2.85. The normalized spacial score (nSPS) is 12.3. The third-order valence-corrected chi connectivity index (χ3v) is 3.04. The van der Waals surface area contributed by atoms with E-state index in [0.717, 1.165) is 5.52 Å². The zero-order chi connectivity index (χ0) is 14.7. The standard InChI is InChI=1S/C14H15N3O2S/c1-8(2)5-10(7-15)16-13(18)9-3-4-11-12(6-9)19-14(20)17-11/h3-4,6,8,10H,5H2,1-2H3,(H,16,18)(H,17,20)/t10-/m0/s1. The van der Waals surface area contributed by atoms with Gasteiger partial charge in [0.2, 0.25) is 0 Å². The van der Waals surface area contributed by atoms with Gasteiger partial charge in [-0.15, -0.1) is 0 Å². The first-order chi connectivity index (χ1) is 9.49. The highest BCUT2D eigenvalue weighted by molar-refractivity contribution is 7.71. The number of aromatic nitrogens is 1. The first kappa shape index (κ1) is 14.3. The van der Waals surface area contributed by atoms with E-state index < -0.39 is 6.04 Å². The number of aromatic amines is 1. The van der Waals surface area contributed by atoms with E-state index in [1.807, 2.05) is 13.8 Å². The number of hydrogen-bond acceptors (Lipinski definition) is 4. The van der Waals surface area contributed by atoms with Crippen molar-refractivity contribution in [1.29, 1.82) is 5.26 Å². The highest BCUT2D eigenvalue weighted by atomic mass is 32.1. The first-order valence-corrected chi connectivity index (χ1v) is 6.73. The van der Waals surface area contributed by atoms with Gasteiger partial charge in [0.1, 0.15) is 6.04 Å². The molecule has 104 valence electrons. The Hall–Kier alpha value is -2.13. The highest BCUT2D eigenvalue weighted by Crippen LogP contribution is 2.15. The molecule has 20 heavy (non-hydrogen) atoms. The fraction of sp³-hybridized carbons (Fsp3) is 0.357. The minimum Gasteiger partial charge on any atom is -0.429 e. The van der Waals surface area contributed by atoms with Gasteiger partial charge in [0.15, 0.2) is 5.58 Å². The Bertz CT molecular complexity index is 724. The minimum atomic E-state index is -0.490. The van der Waals surface area contributed by atoms with Crippen molar-refractivity contribution >= 4 is 29.2 Å². The van der Waals surface area contributed by atoms with Crippen LogP contribution in [0.1, 0.15) is 30.6 Å². The number of H-pyrrole nitrogens is 1. The van der Waals surface area contributed by atoms with Crippen molar-refractivity contribution < 1.29 is 9.21 Å². The topological polar surface area (TPSA) is 81.8 Å². The molecule has 1 atom stereocenters. The maximum Gasteiger partial charge on any atom is 0.266 e. The Morgan fingerprint density at radius 2 is 2.30 bits per heavy atom. The van der Waals surface area contributed by atoms with Gasteiger partial charge in [-0.3, -0.25) is 4.79 Å². The molecular formula is C14H15N3O2S. The van der Waals surface area contributed by atoms with Crippen LogP contribution in [0.4, 0.5) is 0 Å². The van der Waals surface area contributed by atoms with Crippen LogP contribution in [0.5, 0.6) is 0 Å². The maximum atomic E-state index is 12.1. The van der Waals surface area contributed by atoms with Crippen molar-refractivity contribution in [3.05, 3.63) is 28.6 Å². The van der Waals surface area contributed by atoms with E-state index in [-0.39, 0.29) is 10.7 Å². The Morgan fingerprint density at radius 3 is 2.95 bits per heavy atom. The number of benzene rings is 1. The Labute approximate surface area is 121 Å². The summed E-state index contributed by atoms with van der Waals surface area (Å²) in [6, 6.07) is 6.62. The van der Waals surface area contributed by atoms with Crippen molar-refractivity contribution in [3.8, 4) is 6.07 Å². The summed E-state index contributed by atoms with van der Waals surface area (Å²) in [5.74, 6) is 0.0475. The zero-order valence-electron chi connectivity index (χ0n) is 11.3. The van der Waals surface area contributed by atoms with E-state index in [2.05, 4.69) is 16.4 Å². The highest BCUT2D eigenvalue weighted by Gasteiger charge is 2.15. The molecule has 2 N–H and O–H groups in total. The SMILES string of the molecule is CC(C)C[C@@H](C#N)NC(=O)c1ccc2[nH]c(=S)oc2c1. The van der Waals surface area contributed by atoms with Gasteiger partial charge < -0.3 is 14.7 Å². The predicted molar refractivity (Wildman–Crippen MR) is 77.7 cm³/mol. The second kappa shape index (κ2) is 5.88. The van der Waals surface area contributed by atoms with Crippen LogP contribution >= 0.6 is 12.2 Å². The molecule has 0 aliphatic heterocycles. The first-order valence-electron chi connectivity index (χ1n) is 6.33. The fourth-order valence-electron chi connectivity index (χ4n) is 1.94. The van der Waals surface area contributed by atoms with Gasteiger partial charge in [-0.25, -0.2) is 0 Å². The quantitative estimate of drug-likeness (QED) is 0.847. The van der Waals surface area contributed by atoms with E-state index in [4.69, 9.17) is 21.9 Å². The number of nitriles is 1. The fourth-order valence-corrected chi connectivity index (χ4v) is 2.14. The lowest BCUT2D eigenvalue weighted by Crippen LogP contribution is -2.34. The number of nitrogens with zero attached hydrogens (tertiary/aromatic N) is 1. The molecule has 1 amide bonds. The van der Waals surface area contributed by atoms with Crippen LogP contribution < -0.4 is 5.32 Å². The van der Waals surface area contributed by atoms with E-state index >= 15 is 0 Å². The van der Waals surface area contributed by atoms with Crippen molar-refractivity contribution in [2.45, 2.75) is 26.3 Å². The van der Waals surface area contributed by atoms with Gasteiger partial charge in [-0.1, -0.05) is 13.8 Å². The predicted octanol–water partition coefficient (Wildman–Crippen LogP) is 3.16. The molecular weight excluding hydrogens is 274 g/mol. The summed E-state index contributed by atoms with van der Waals surface area (Å²) in [7, 11) is 0. The number of fused-ring (bicyclic) bond motifs is 1. The summed E-state index contributed by atoms with van der Waals surface area (Å²) in [4.78, 5) is 15.2. The van der Waals surface area contributed by atoms with Crippen LogP contribution in [0, 0.1) is 22.1 Å². The summed E-state index contributed by atoms with van der Waals surface area (Å²) in [6.45, 7) is 4.01. The van der Waals surface area contributed by atoms with Crippen LogP contribution in [-0.4, -0.2) is 16.9 Å². The van der Waals surface area contributed by atoms with Crippen LogP contribution in [-0.2, 0) is 0 Å². The van der Waals surface area contributed by atoms with Crippen LogP contribution in [0.25, 0.3) is 11.1 Å². The number of carbonyl (C=O) groups excluding carboxylic acids is 1. The average molecular weight is 289 g/mol. The lowest BCUT2D eigenvalue weighted by Gasteiger charge is -2.13. The number of oxazole rings is 1. The second-order valence-electron chi connectivity index (χ2n) is 5.01. The molecule has 0 radical (unpaired) electrons. The molecule has 0 aliphatic carbocycles. The number of amides is 1. The van der Waals surface area contributed by atoms with Gasteiger partial charge in [-0.2, -0.15) is 5.26 Å². The van der Waals surface area contributed by atoms with E-state index in [0.29, 0.717) is 23.5 Å². The van der Waals surface area contributed by atoms with E-state index in [1.165, 1.54) is 0 Å². The molecule has 5 nitrogen and oxygen atoms in total. The molecule has 0 spiro atoms. The summed E-state index contributed by atoms with van der Waals surface area (Å²) >= 11 is 4.89. The molecule has 2 rings (SSSR count). The van der Waals surface area contributed by atoms with Gasteiger partial charge in [0.25, 0.3) is 10.7 Å². The van der Waals surface area contributed by atoms with Gasteiger partial charge in [-0.05, 0) is 42.8 Å². The van der Waals surface area contributed by atoms with Crippen molar-refractivity contribution in [2.75, 3.05) is 0 Å². The van der Waals surface area contributed by atoms with Gasteiger partial charge in [0, 0.05) is 5.56 Å². The molecule has 0 aliphatic rings. The monoisotopic (exact) mass is 289 g/mol. The Kier molecular flexibility index (Phi) is 4.20. The maximum absolute atomic E-state index is 12.1. The lowest BCUT2D eigenvalue weighted by atomic mass is 10.0.